The molecule has 0 aromatic carbocycles. The van der Waals surface area contributed by atoms with Crippen LogP contribution in [-0.4, -0.2) is 24.9 Å². The van der Waals surface area contributed by atoms with Crippen LogP contribution in [0.15, 0.2) is 17.3 Å². The Morgan fingerprint density at radius 3 is 2.79 bits per heavy atom. The molecule has 0 radical (unpaired) electrons. The smallest absolute Gasteiger partial charge is 0.132 e. The summed E-state index contributed by atoms with van der Waals surface area (Å²) < 4.78 is 0. The third-order valence-electron chi connectivity index (χ3n) is 10.1. The second-order valence-corrected chi connectivity index (χ2v) is 11.2. The van der Waals surface area contributed by atoms with Crippen molar-refractivity contribution in [2.75, 3.05) is 13.2 Å². The molecule has 1 aliphatic heterocycles. The number of hydrogen-bond acceptors (Lipinski definition) is 3. The van der Waals surface area contributed by atoms with Gasteiger partial charge in [0.15, 0.2) is 0 Å². The minimum absolute atomic E-state index is 0.452. The first-order valence-corrected chi connectivity index (χ1v) is 12.1. The van der Waals surface area contributed by atoms with E-state index in [1.54, 1.807) is 5.57 Å². The molecule has 0 spiro atoms. The quantitative estimate of drug-likeness (QED) is 0.499. The van der Waals surface area contributed by atoms with Crippen LogP contribution in [0.5, 0.6) is 0 Å². The van der Waals surface area contributed by atoms with Gasteiger partial charge in [-0.05, 0) is 112 Å². The molecule has 1 saturated heterocycles. The molecule has 1 heterocycles. The molecule has 0 aromatic heterocycles. The predicted molar refractivity (Wildman–Crippen MR) is 115 cm³/mol. The lowest BCUT2D eigenvalue weighted by Crippen LogP contribution is -2.52. The molecule has 5 fully saturated rings. The van der Waals surface area contributed by atoms with Crippen LogP contribution < -0.4 is 5.32 Å². The molecule has 0 amide bonds. The first-order valence-electron chi connectivity index (χ1n) is 12.1. The van der Waals surface area contributed by atoms with Crippen LogP contribution in [0.1, 0.15) is 84.5 Å². The van der Waals surface area contributed by atoms with Gasteiger partial charge in [-0.25, -0.2) is 0 Å². The van der Waals surface area contributed by atoms with E-state index < -0.39 is 0 Å². The Labute approximate surface area is 171 Å². The highest BCUT2D eigenvalue weighted by atomic mass is 16.6. The standard InChI is InChI=1S/C25H40N2O/c1-17-6-9-22-21-8-7-18-15-19(27-28-16-20-5-4-14-26-20)10-12-25(18,3)23(21)11-13-24(17,22)2/h18,20-23,26H,1,4-16H2,2-3H3/t18?,20?,21?,22?,23?,24-,25+/m1/s1. The first kappa shape index (κ1) is 19.2. The van der Waals surface area contributed by atoms with Gasteiger partial charge in [0.2, 0.25) is 0 Å². The van der Waals surface area contributed by atoms with Crippen LogP contribution in [-0.2, 0) is 4.84 Å². The van der Waals surface area contributed by atoms with E-state index >= 15 is 0 Å². The topological polar surface area (TPSA) is 33.6 Å². The number of fused-ring (bicyclic) bond motifs is 5. The second kappa shape index (κ2) is 7.15. The molecule has 5 rings (SSSR count). The number of allylic oxidation sites excluding steroid dienone is 1. The maximum Gasteiger partial charge on any atom is 0.132 e. The van der Waals surface area contributed by atoms with E-state index in [2.05, 4.69) is 30.9 Å². The summed E-state index contributed by atoms with van der Waals surface area (Å²) in [6.45, 7) is 11.6. The van der Waals surface area contributed by atoms with Crippen LogP contribution in [0.4, 0.5) is 0 Å². The van der Waals surface area contributed by atoms with Crippen LogP contribution >= 0.6 is 0 Å². The summed E-state index contributed by atoms with van der Waals surface area (Å²) in [7, 11) is 0. The molecule has 3 nitrogen and oxygen atoms in total. The van der Waals surface area contributed by atoms with E-state index in [0.29, 0.717) is 16.9 Å². The maximum absolute atomic E-state index is 5.77. The van der Waals surface area contributed by atoms with Crippen molar-refractivity contribution in [1.29, 1.82) is 0 Å². The fraction of sp³-hybridized carbons (Fsp3) is 0.880. The number of oxime groups is 1. The molecular weight excluding hydrogens is 344 g/mol. The molecule has 5 aliphatic rings. The molecule has 4 saturated carbocycles. The van der Waals surface area contributed by atoms with Crippen molar-refractivity contribution in [3.05, 3.63) is 12.2 Å². The lowest BCUT2D eigenvalue weighted by molar-refractivity contribution is -0.0860. The maximum atomic E-state index is 5.77. The van der Waals surface area contributed by atoms with E-state index in [-0.39, 0.29) is 0 Å². The summed E-state index contributed by atoms with van der Waals surface area (Å²) in [5.41, 5.74) is 3.89. The molecule has 7 atom stereocenters. The van der Waals surface area contributed by atoms with Crippen molar-refractivity contribution in [3.63, 3.8) is 0 Å². The Bertz CT molecular complexity index is 651. The van der Waals surface area contributed by atoms with Crippen LogP contribution in [0, 0.1) is 34.5 Å². The Balaban J connectivity index is 1.25. The number of nitrogens with zero attached hydrogens (tertiary/aromatic N) is 1. The van der Waals surface area contributed by atoms with E-state index in [1.165, 1.54) is 69.9 Å². The zero-order valence-electron chi connectivity index (χ0n) is 18.1. The van der Waals surface area contributed by atoms with Gasteiger partial charge >= 0.3 is 0 Å². The Hall–Kier alpha value is -0.830. The fourth-order valence-electron chi connectivity index (χ4n) is 8.17. The summed E-state index contributed by atoms with van der Waals surface area (Å²) in [6.07, 6.45) is 14.5. The van der Waals surface area contributed by atoms with Gasteiger partial charge in [0.25, 0.3) is 0 Å². The zero-order valence-corrected chi connectivity index (χ0v) is 18.1. The van der Waals surface area contributed by atoms with Crippen LogP contribution in [0.3, 0.4) is 0 Å². The van der Waals surface area contributed by atoms with Gasteiger partial charge < -0.3 is 10.2 Å². The summed E-state index contributed by atoms with van der Waals surface area (Å²) in [4.78, 5) is 5.77. The molecule has 1 N–H and O–H groups in total. The van der Waals surface area contributed by atoms with Crippen molar-refractivity contribution in [3.8, 4) is 0 Å². The van der Waals surface area contributed by atoms with Gasteiger partial charge in [-0.2, -0.15) is 0 Å². The van der Waals surface area contributed by atoms with Gasteiger partial charge in [0.1, 0.15) is 6.61 Å². The van der Waals surface area contributed by atoms with E-state index in [4.69, 9.17) is 4.84 Å². The molecule has 4 aliphatic carbocycles. The highest BCUT2D eigenvalue weighted by Crippen LogP contribution is 2.66. The van der Waals surface area contributed by atoms with Crippen molar-refractivity contribution in [1.82, 2.24) is 5.32 Å². The van der Waals surface area contributed by atoms with Gasteiger partial charge in [0, 0.05) is 6.04 Å². The van der Waals surface area contributed by atoms with E-state index in [0.717, 1.165) is 43.2 Å². The minimum Gasteiger partial charge on any atom is -0.394 e. The lowest BCUT2D eigenvalue weighted by atomic mass is 9.45. The molecule has 0 aromatic rings. The molecule has 28 heavy (non-hydrogen) atoms. The Morgan fingerprint density at radius 2 is 1.96 bits per heavy atom. The second-order valence-electron chi connectivity index (χ2n) is 11.2. The Morgan fingerprint density at radius 1 is 1.07 bits per heavy atom. The fourth-order valence-corrected chi connectivity index (χ4v) is 8.17. The van der Waals surface area contributed by atoms with Crippen molar-refractivity contribution in [2.45, 2.75) is 90.5 Å². The van der Waals surface area contributed by atoms with Gasteiger partial charge in [-0.3, -0.25) is 0 Å². The average molecular weight is 385 g/mol. The van der Waals surface area contributed by atoms with E-state index in [9.17, 15) is 0 Å². The monoisotopic (exact) mass is 384 g/mol. The molecule has 5 unspecified atom stereocenters. The van der Waals surface area contributed by atoms with Crippen molar-refractivity contribution >= 4 is 5.71 Å². The van der Waals surface area contributed by atoms with Gasteiger partial charge in [-0.15, -0.1) is 0 Å². The highest BCUT2D eigenvalue weighted by molar-refractivity contribution is 5.85. The van der Waals surface area contributed by atoms with Gasteiger partial charge in [-0.1, -0.05) is 31.2 Å². The summed E-state index contributed by atoms with van der Waals surface area (Å²) in [5, 5.41) is 8.11. The third kappa shape index (κ3) is 2.99. The lowest BCUT2D eigenvalue weighted by Gasteiger charge is -2.60. The van der Waals surface area contributed by atoms with Gasteiger partial charge in [0.05, 0.1) is 5.71 Å². The molecule has 3 heteroatoms. The van der Waals surface area contributed by atoms with Crippen molar-refractivity contribution < 1.29 is 4.84 Å². The normalized spacial score (nSPS) is 49.6. The third-order valence-corrected chi connectivity index (χ3v) is 10.1. The zero-order chi connectivity index (χ0) is 19.4. The van der Waals surface area contributed by atoms with Crippen molar-refractivity contribution in [2.24, 2.45) is 39.7 Å². The van der Waals surface area contributed by atoms with E-state index in [1.807, 2.05) is 0 Å². The minimum atomic E-state index is 0.452. The highest BCUT2D eigenvalue weighted by Gasteiger charge is 2.58. The molecule has 0 bridgehead atoms. The first-order chi connectivity index (χ1) is 13.5. The largest absolute Gasteiger partial charge is 0.394 e. The average Bonchev–Trinajstić information content (AvgIpc) is 3.30. The van der Waals surface area contributed by atoms with Crippen LogP contribution in [0.2, 0.25) is 0 Å². The number of rotatable bonds is 3. The predicted octanol–water partition coefficient (Wildman–Crippen LogP) is 5.71. The van der Waals surface area contributed by atoms with Crippen LogP contribution in [0.25, 0.3) is 0 Å². The Kier molecular flexibility index (Phi) is 4.89. The SMILES string of the molecule is C=C1CCC2C3CCC4CC(=NOCC5CCCN5)CC[C@]4(C)C3CC[C@]12C. The summed E-state index contributed by atoms with van der Waals surface area (Å²) >= 11 is 0. The number of nitrogens with one attached hydrogen (secondary N) is 1. The molecular formula is C25H40N2O. The summed E-state index contributed by atoms with van der Waals surface area (Å²) in [6, 6.07) is 0.520. The molecule has 156 valence electrons. The summed E-state index contributed by atoms with van der Waals surface area (Å²) in [5.74, 6) is 3.61. The number of hydrogen-bond donors (Lipinski definition) is 1.